The lowest BCUT2D eigenvalue weighted by atomic mass is 9.77. The van der Waals surface area contributed by atoms with E-state index in [2.05, 4.69) is 52.3 Å². The van der Waals surface area contributed by atoms with Gasteiger partial charge in [0.1, 0.15) is 22.7 Å². The van der Waals surface area contributed by atoms with Gasteiger partial charge in [0.2, 0.25) is 12.1 Å². The first-order valence-electron chi connectivity index (χ1n) is 15.5. The number of fused-ring (bicyclic) bond motifs is 1. The molecule has 3 heterocycles. The zero-order chi connectivity index (χ0) is 33.1. The number of nitrogens with one attached hydrogen (secondary N) is 3. The summed E-state index contributed by atoms with van der Waals surface area (Å²) in [4.78, 5) is 39.5. The summed E-state index contributed by atoms with van der Waals surface area (Å²) in [5.74, 6) is -0.585. The molecule has 0 bridgehead atoms. The number of carboxylic acid groups (broad SMARTS) is 1. The van der Waals surface area contributed by atoms with Crippen molar-refractivity contribution in [1.82, 2.24) is 14.9 Å². The Morgan fingerprint density at radius 1 is 0.979 bits per heavy atom. The van der Waals surface area contributed by atoms with Crippen molar-refractivity contribution in [1.29, 1.82) is 0 Å². The quantitative estimate of drug-likeness (QED) is 0.0657. The topological polar surface area (TPSA) is 146 Å². The number of halogens is 1. The number of carbonyl (C=O) groups is 3. The molecule has 0 radical (unpaired) electrons. The highest BCUT2D eigenvalue weighted by atomic mass is 127. The Hall–Kier alpha value is -4.34. The Bertz CT molecular complexity index is 1720. The van der Waals surface area contributed by atoms with Crippen molar-refractivity contribution in [2.45, 2.75) is 36.8 Å². The van der Waals surface area contributed by atoms with Crippen LogP contribution >= 0.6 is 11.8 Å². The van der Waals surface area contributed by atoms with E-state index in [4.69, 9.17) is 5.73 Å². The molecule has 13 heteroatoms. The predicted molar refractivity (Wildman–Crippen MR) is 181 cm³/mol. The third kappa shape index (κ3) is 6.41. The Morgan fingerprint density at radius 2 is 1.52 bits per heavy atom. The van der Waals surface area contributed by atoms with Crippen LogP contribution in [0.1, 0.15) is 30.0 Å². The van der Waals surface area contributed by atoms with Gasteiger partial charge in [-0.05, 0) is 23.1 Å². The lowest BCUT2D eigenvalue weighted by Crippen LogP contribution is -3.00. The van der Waals surface area contributed by atoms with Crippen molar-refractivity contribution in [3.05, 3.63) is 125 Å². The average molecular weight is 780 g/mol. The molecule has 6 rings (SSSR count). The lowest BCUT2D eigenvalue weighted by Gasteiger charge is -2.47. The Kier molecular flexibility index (Phi) is 10.8. The molecular formula is C35H38IN7O4S. The van der Waals surface area contributed by atoms with E-state index in [1.54, 1.807) is 6.20 Å². The number of anilines is 2. The summed E-state index contributed by atoms with van der Waals surface area (Å²) < 4.78 is 3.71. The van der Waals surface area contributed by atoms with E-state index in [0.717, 1.165) is 23.1 Å². The van der Waals surface area contributed by atoms with Crippen LogP contribution in [0.4, 0.5) is 16.3 Å². The number of hydrogen-bond donors (Lipinski definition) is 5. The van der Waals surface area contributed by atoms with Gasteiger partial charge >= 0.3 is 12.0 Å². The summed E-state index contributed by atoms with van der Waals surface area (Å²) in [6.07, 6.45) is 2.56. The number of rotatable bonds is 11. The fourth-order valence-corrected chi connectivity index (χ4v) is 7.53. The summed E-state index contributed by atoms with van der Waals surface area (Å²) in [6, 6.07) is 29.2. The minimum Gasteiger partial charge on any atom is -1.00 e. The zero-order valence-electron chi connectivity index (χ0n) is 26.6. The molecule has 3 aromatic carbocycles. The Labute approximate surface area is 300 Å². The fourth-order valence-electron chi connectivity index (χ4n) is 6.25. The number of thioether (sulfide) groups is 1. The third-order valence-corrected chi connectivity index (χ3v) is 9.96. The van der Waals surface area contributed by atoms with Crippen LogP contribution in [0, 0.1) is 0 Å². The van der Waals surface area contributed by atoms with Crippen molar-refractivity contribution in [2.24, 2.45) is 12.8 Å². The maximum absolute atomic E-state index is 13.1. The maximum atomic E-state index is 13.1. The number of benzene rings is 3. The Morgan fingerprint density at radius 3 is 2.02 bits per heavy atom. The van der Waals surface area contributed by atoms with Gasteiger partial charge in [0.05, 0.1) is 7.05 Å². The van der Waals surface area contributed by atoms with E-state index >= 15 is 0 Å². The third-order valence-electron chi connectivity index (χ3n) is 8.60. The minimum absolute atomic E-state index is 0. The van der Waals surface area contributed by atoms with Crippen LogP contribution in [-0.2, 0) is 28.7 Å². The first-order valence-corrected chi connectivity index (χ1v) is 16.6. The van der Waals surface area contributed by atoms with Crippen LogP contribution in [0.25, 0.3) is 0 Å². The molecule has 48 heavy (non-hydrogen) atoms. The smallest absolute Gasteiger partial charge is 0.352 e. The summed E-state index contributed by atoms with van der Waals surface area (Å²) in [5, 5.41) is 19.5. The van der Waals surface area contributed by atoms with Gasteiger partial charge in [0, 0.05) is 17.9 Å². The van der Waals surface area contributed by atoms with Gasteiger partial charge in [0.15, 0.2) is 18.1 Å². The molecule has 1 fully saturated rings. The highest BCUT2D eigenvalue weighted by molar-refractivity contribution is 8.00. The molecule has 2 aliphatic rings. The van der Waals surface area contributed by atoms with Gasteiger partial charge in [-0.25, -0.2) is 9.59 Å². The zero-order valence-corrected chi connectivity index (χ0v) is 29.6. The van der Waals surface area contributed by atoms with Crippen molar-refractivity contribution >= 4 is 41.2 Å². The molecule has 0 saturated carbocycles. The van der Waals surface area contributed by atoms with E-state index in [1.165, 1.54) is 16.7 Å². The SMILES string of the molecule is CCCNC(=O)Nc1c[n+](CC2=C(C(=O)O)N3C(=O)[C@@H](N)[C@H]3SC2)n(C)c1NC(c1ccccc1)(c1ccccc1)c1ccccc1.[I-]. The number of urea groups is 1. The molecule has 1 aromatic heterocycles. The summed E-state index contributed by atoms with van der Waals surface area (Å²) >= 11 is 1.45. The molecule has 0 unspecified atom stereocenters. The van der Waals surface area contributed by atoms with E-state index in [9.17, 15) is 19.5 Å². The van der Waals surface area contributed by atoms with Gasteiger partial charge in [-0.2, -0.15) is 0 Å². The van der Waals surface area contributed by atoms with Crippen molar-refractivity contribution in [2.75, 3.05) is 22.9 Å². The van der Waals surface area contributed by atoms with Gasteiger partial charge in [0.25, 0.3) is 0 Å². The van der Waals surface area contributed by atoms with Gasteiger partial charge in [-0.1, -0.05) is 97.9 Å². The molecule has 1 saturated heterocycles. The van der Waals surface area contributed by atoms with Gasteiger partial charge in [-0.3, -0.25) is 15.0 Å². The second-order valence-electron chi connectivity index (χ2n) is 11.6. The average Bonchev–Trinajstić information content (AvgIpc) is 3.38. The number of carboxylic acids is 1. The van der Waals surface area contributed by atoms with Crippen molar-refractivity contribution < 1.29 is 48.1 Å². The summed E-state index contributed by atoms with van der Waals surface area (Å²) in [5.41, 5.74) is 9.03. The number of carbonyl (C=O) groups excluding carboxylic acids is 2. The second-order valence-corrected chi connectivity index (χ2v) is 12.7. The molecule has 250 valence electrons. The molecule has 3 amide bonds. The number of nitrogens with two attached hydrogens (primary N) is 1. The highest BCUT2D eigenvalue weighted by Gasteiger charge is 2.52. The van der Waals surface area contributed by atoms with E-state index in [0.29, 0.717) is 29.4 Å². The molecule has 0 spiro atoms. The number of β-lactam (4-membered cyclic amide) rings is 1. The summed E-state index contributed by atoms with van der Waals surface area (Å²) in [7, 11) is 1.85. The van der Waals surface area contributed by atoms with Crippen LogP contribution < -0.4 is 50.3 Å². The normalized spacial score (nSPS) is 17.1. The molecule has 6 N–H and O–H groups in total. The molecule has 2 atom stereocenters. The molecule has 4 aromatic rings. The standard InChI is InChI=1S/C35H37N7O4S.HI/c1-3-19-37-34(46)38-27-21-41(20-23-22-47-32-28(36)31(43)42(32)29(23)33(44)45)40(2)30(27)39-35(24-13-7-4-8-14-24,25-15-9-5-10-16-25)26-17-11-6-12-18-26;/h4-18,21,28,32H,3,19-20,22,36H2,1-2H3,(H3,37,38,44,45,46);1H/t28-,32-;/m1./s1. The first kappa shape index (κ1) is 35.0. The van der Waals surface area contributed by atoms with Crippen LogP contribution in [0.3, 0.4) is 0 Å². The van der Waals surface area contributed by atoms with Crippen LogP contribution in [0.5, 0.6) is 0 Å². The number of nitrogens with zero attached hydrogens (tertiary/aromatic N) is 3. The molecule has 0 aliphatic carbocycles. The summed E-state index contributed by atoms with van der Waals surface area (Å²) in [6.45, 7) is 2.65. The fraction of sp³-hybridized carbons (Fsp3) is 0.257. The minimum atomic E-state index is -1.17. The lowest BCUT2D eigenvalue weighted by molar-refractivity contribution is -0.765. The second kappa shape index (κ2) is 14.8. The molecular weight excluding hydrogens is 741 g/mol. The van der Waals surface area contributed by atoms with Gasteiger partial charge in [-0.15, -0.1) is 21.1 Å². The van der Waals surface area contributed by atoms with Gasteiger partial charge < -0.3 is 45.5 Å². The maximum Gasteiger partial charge on any atom is 0.352 e. The number of aliphatic carboxylic acids is 1. The van der Waals surface area contributed by atoms with E-state index < -0.39 is 28.8 Å². The van der Waals surface area contributed by atoms with E-state index in [1.807, 2.05) is 77.9 Å². The highest BCUT2D eigenvalue weighted by Crippen LogP contribution is 2.42. The molecule has 2 aliphatic heterocycles. The largest absolute Gasteiger partial charge is 1.00 e. The molecule has 11 nitrogen and oxygen atoms in total. The van der Waals surface area contributed by atoms with Crippen molar-refractivity contribution in [3.63, 3.8) is 0 Å². The first-order chi connectivity index (χ1) is 22.8. The number of amides is 3. The van der Waals surface area contributed by atoms with Crippen LogP contribution in [0.2, 0.25) is 0 Å². The Balaban J connectivity index is 0.00000451. The number of hydrogen-bond acceptors (Lipinski definition) is 6. The predicted octanol–water partition coefficient (Wildman–Crippen LogP) is 0.833. The number of aromatic nitrogens is 2. The van der Waals surface area contributed by atoms with E-state index in [-0.39, 0.29) is 42.2 Å². The van der Waals surface area contributed by atoms with Crippen LogP contribution in [-0.4, -0.2) is 56.3 Å². The monoisotopic (exact) mass is 779 g/mol. The van der Waals surface area contributed by atoms with Crippen LogP contribution in [0.15, 0.2) is 108 Å². The van der Waals surface area contributed by atoms with Crippen molar-refractivity contribution in [3.8, 4) is 0 Å².